The molecule has 1 aliphatic heterocycles. The molecule has 1 aliphatic rings. The highest BCUT2D eigenvalue weighted by molar-refractivity contribution is 6.01. The molecular weight excluding hydrogens is 386 g/mol. The Labute approximate surface area is 175 Å². The monoisotopic (exact) mass is 413 g/mol. The largest absolute Gasteiger partial charge is 0.469 e. The molecule has 2 aromatic rings. The van der Waals surface area contributed by atoms with Gasteiger partial charge in [0.25, 0.3) is 0 Å². The molecule has 1 aromatic heterocycles. The number of ether oxygens (including phenoxy) is 1. The van der Waals surface area contributed by atoms with Gasteiger partial charge in [-0.2, -0.15) is 0 Å². The first-order valence-electron chi connectivity index (χ1n) is 9.82. The predicted molar refractivity (Wildman–Crippen MR) is 112 cm³/mol. The van der Waals surface area contributed by atoms with Crippen molar-refractivity contribution in [1.29, 1.82) is 0 Å². The number of benzene rings is 1. The number of anilines is 2. The number of rotatable bonds is 9. The molecule has 160 valence electrons. The van der Waals surface area contributed by atoms with Crippen LogP contribution in [0.25, 0.3) is 0 Å². The maximum atomic E-state index is 12.5. The lowest BCUT2D eigenvalue weighted by Gasteiger charge is -2.25. The SMILES string of the molecule is COC(=O)Cc1cccc(CN(CCO)CCN2C(=O)Cc3c(N)nc(C)nc32)c1. The highest BCUT2D eigenvalue weighted by atomic mass is 16.5. The summed E-state index contributed by atoms with van der Waals surface area (Å²) in [4.78, 5) is 36.3. The van der Waals surface area contributed by atoms with E-state index in [1.165, 1.54) is 7.11 Å². The Bertz CT molecular complexity index is 934. The lowest BCUT2D eigenvalue weighted by molar-refractivity contribution is -0.139. The third-order valence-corrected chi connectivity index (χ3v) is 5.04. The van der Waals surface area contributed by atoms with Gasteiger partial charge in [0.05, 0.1) is 26.6 Å². The average molecular weight is 413 g/mol. The maximum absolute atomic E-state index is 12.5. The Morgan fingerprint density at radius 2 is 2.07 bits per heavy atom. The van der Waals surface area contributed by atoms with Gasteiger partial charge in [0, 0.05) is 31.7 Å². The Morgan fingerprint density at radius 1 is 1.30 bits per heavy atom. The molecule has 0 atom stereocenters. The summed E-state index contributed by atoms with van der Waals surface area (Å²) in [6, 6.07) is 7.70. The fourth-order valence-electron chi connectivity index (χ4n) is 3.58. The van der Waals surface area contributed by atoms with E-state index in [4.69, 9.17) is 10.5 Å². The van der Waals surface area contributed by atoms with E-state index >= 15 is 0 Å². The van der Waals surface area contributed by atoms with Crippen LogP contribution >= 0.6 is 0 Å². The molecule has 0 bridgehead atoms. The van der Waals surface area contributed by atoms with Crippen LogP contribution in [0.2, 0.25) is 0 Å². The van der Waals surface area contributed by atoms with Gasteiger partial charge >= 0.3 is 5.97 Å². The summed E-state index contributed by atoms with van der Waals surface area (Å²) in [7, 11) is 1.37. The van der Waals surface area contributed by atoms with Gasteiger partial charge in [0.15, 0.2) is 0 Å². The van der Waals surface area contributed by atoms with E-state index in [0.29, 0.717) is 49.2 Å². The number of hydrogen-bond acceptors (Lipinski definition) is 8. The molecule has 1 aromatic carbocycles. The van der Waals surface area contributed by atoms with Crippen molar-refractivity contribution in [1.82, 2.24) is 14.9 Å². The first-order chi connectivity index (χ1) is 14.4. The van der Waals surface area contributed by atoms with Crippen molar-refractivity contribution in [2.45, 2.75) is 26.3 Å². The molecule has 0 fully saturated rings. The first kappa shape index (κ1) is 21.7. The van der Waals surface area contributed by atoms with Gasteiger partial charge in [-0.3, -0.25) is 19.4 Å². The highest BCUT2D eigenvalue weighted by Gasteiger charge is 2.31. The molecule has 3 N–H and O–H groups in total. The average Bonchev–Trinajstić information content (AvgIpc) is 3.02. The molecule has 0 saturated heterocycles. The van der Waals surface area contributed by atoms with Crippen LogP contribution < -0.4 is 10.6 Å². The molecule has 9 nitrogen and oxygen atoms in total. The van der Waals surface area contributed by atoms with Crippen LogP contribution in [0.15, 0.2) is 24.3 Å². The molecular formula is C21H27N5O4. The number of fused-ring (bicyclic) bond motifs is 1. The second-order valence-electron chi connectivity index (χ2n) is 7.25. The van der Waals surface area contributed by atoms with Gasteiger partial charge in [-0.15, -0.1) is 0 Å². The number of aromatic nitrogens is 2. The standard InChI is InChI=1S/C21H27N5O4/c1-14-23-20(22)17-12-18(28)26(21(17)24-14)7-6-25(8-9-27)13-16-5-3-4-15(10-16)11-19(29)30-2/h3-5,10,27H,6-9,11-13H2,1-2H3,(H2,22,23,24). The topological polar surface area (TPSA) is 122 Å². The lowest BCUT2D eigenvalue weighted by Crippen LogP contribution is -2.38. The van der Waals surface area contributed by atoms with Gasteiger partial charge in [-0.25, -0.2) is 9.97 Å². The van der Waals surface area contributed by atoms with Crippen molar-refractivity contribution in [2.75, 3.05) is 44.0 Å². The van der Waals surface area contributed by atoms with Crippen molar-refractivity contribution < 1.29 is 19.4 Å². The van der Waals surface area contributed by atoms with Crippen LogP contribution in [0.1, 0.15) is 22.5 Å². The van der Waals surface area contributed by atoms with Crippen molar-refractivity contribution in [3.8, 4) is 0 Å². The van der Waals surface area contributed by atoms with E-state index in [1.54, 1.807) is 11.8 Å². The number of aliphatic hydroxyl groups is 1. The third-order valence-electron chi connectivity index (χ3n) is 5.04. The minimum Gasteiger partial charge on any atom is -0.469 e. The number of nitrogens with two attached hydrogens (primary N) is 1. The summed E-state index contributed by atoms with van der Waals surface area (Å²) in [6.45, 7) is 3.77. The van der Waals surface area contributed by atoms with Gasteiger partial charge in [-0.05, 0) is 18.1 Å². The van der Waals surface area contributed by atoms with Crippen LogP contribution in [0.5, 0.6) is 0 Å². The molecule has 9 heteroatoms. The Kier molecular flexibility index (Phi) is 6.96. The van der Waals surface area contributed by atoms with Crippen LogP contribution in [-0.2, 0) is 33.7 Å². The smallest absolute Gasteiger partial charge is 0.309 e. The maximum Gasteiger partial charge on any atom is 0.309 e. The first-order valence-corrected chi connectivity index (χ1v) is 9.82. The highest BCUT2D eigenvalue weighted by Crippen LogP contribution is 2.30. The molecule has 0 unspecified atom stereocenters. The molecule has 0 spiro atoms. The van der Waals surface area contributed by atoms with Gasteiger partial charge in [0.2, 0.25) is 5.91 Å². The normalized spacial score (nSPS) is 13.1. The number of aryl methyl sites for hydroxylation is 1. The van der Waals surface area contributed by atoms with E-state index in [0.717, 1.165) is 11.1 Å². The number of esters is 1. The van der Waals surface area contributed by atoms with E-state index in [-0.39, 0.29) is 31.3 Å². The number of methoxy groups -OCH3 is 1. The van der Waals surface area contributed by atoms with E-state index in [1.807, 2.05) is 24.3 Å². The Morgan fingerprint density at radius 3 is 2.80 bits per heavy atom. The summed E-state index contributed by atoms with van der Waals surface area (Å²) in [5.41, 5.74) is 8.52. The van der Waals surface area contributed by atoms with E-state index in [2.05, 4.69) is 14.9 Å². The van der Waals surface area contributed by atoms with Crippen LogP contribution in [0.4, 0.5) is 11.6 Å². The second-order valence-corrected chi connectivity index (χ2v) is 7.25. The summed E-state index contributed by atoms with van der Waals surface area (Å²) in [6.07, 6.45) is 0.418. The fraction of sp³-hybridized carbons (Fsp3) is 0.429. The summed E-state index contributed by atoms with van der Waals surface area (Å²) in [5.74, 6) is 1.11. The van der Waals surface area contributed by atoms with Gasteiger partial charge in [0.1, 0.15) is 17.5 Å². The number of amides is 1. The minimum atomic E-state index is -0.290. The summed E-state index contributed by atoms with van der Waals surface area (Å²) >= 11 is 0. The van der Waals surface area contributed by atoms with Crippen LogP contribution in [0.3, 0.4) is 0 Å². The summed E-state index contributed by atoms with van der Waals surface area (Å²) in [5, 5.41) is 9.47. The third kappa shape index (κ3) is 5.11. The van der Waals surface area contributed by atoms with Gasteiger partial charge in [-0.1, -0.05) is 24.3 Å². The molecule has 30 heavy (non-hydrogen) atoms. The predicted octanol–water partition coefficient (Wildman–Crippen LogP) is 0.466. The summed E-state index contributed by atoms with van der Waals surface area (Å²) < 4.78 is 4.73. The number of nitrogens with zero attached hydrogens (tertiary/aromatic N) is 4. The van der Waals surface area contributed by atoms with Crippen molar-refractivity contribution in [3.05, 3.63) is 46.8 Å². The van der Waals surface area contributed by atoms with Crippen molar-refractivity contribution in [3.63, 3.8) is 0 Å². The molecule has 3 rings (SSSR count). The molecule has 0 aliphatic carbocycles. The molecule has 1 amide bonds. The number of hydrogen-bond donors (Lipinski definition) is 2. The van der Waals surface area contributed by atoms with E-state index in [9.17, 15) is 14.7 Å². The molecule has 0 radical (unpaired) electrons. The lowest BCUT2D eigenvalue weighted by atomic mass is 10.1. The fourth-order valence-corrected chi connectivity index (χ4v) is 3.58. The molecule has 2 heterocycles. The number of carbonyl (C=O) groups is 2. The zero-order valence-corrected chi connectivity index (χ0v) is 17.3. The Hall–Kier alpha value is -3.04. The number of nitrogen functional groups attached to an aromatic ring is 1. The Balaban J connectivity index is 1.68. The quantitative estimate of drug-likeness (QED) is 0.569. The number of carbonyl (C=O) groups excluding carboxylic acids is 2. The van der Waals surface area contributed by atoms with E-state index < -0.39 is 0 Å². The van der Waals surface area contributed by atoms with Crippen molar-refractivity contribution >= 4 is 23.5 Å². The second kappa shape index (κ2) is 9.64. The minimum absolute atomic E-state index is 0.000606. The van der Waals surface area contributed by atoms with Gasteiger partial charge < -0.3 is 15.6 Å². The zero-order valence-electron chi connectivity index (χ0n) is 17.3. The molecule has 0 saturated carbocycles. The number of aliphatic hydroxyl groups excluding tert-OH is 1. The zero-order chi connectivity index (χ0) is 21.7. The van der Waals surface area contributed by atoms with Crippen LogP contribution in [-0.4, -0.2) is 65.2 Å². The van der Waals surface area contributed by atoms with Crippen LogP contribution in [0, 0.1) is 6.92 Å². The van der Waals surface area contributed by atoms with Crippen molar-refractivity contribution in [2.24, 2.45) is 0 Å².